The number of alkyl halides is 1. The van der Waals surface area contributed by atoms with Crippen LogP contribution in [0.5, 0.6) is 5.75 Å². The Bertz CT molecular complexity index is 647. The number of fused-ring (bicyclic) bond motifs is 1. The van der Waals surface area contributed by atoms with Crippen molar-refractivity contribution in [2.75, 3.05) is 25.6 Å². The number of anilines is 1. The predicted octanol–water partition coefficient (Wildman–Crippen LogP) is 4.21. The van der Waals surface area contributed by atoms with Gasteiger partial charge in [-0.25, -0.2) is 4.98 Å². The molecular weight excluding hydrogens is 380 g/mol. The summed E-state index contributed by atoms with van der Waals surface area (Å²) in [5.74, 6) is 0.751. The molecular formula is C16H21BrN2O3S. The fourth-order valence-corrected chi connectivity index (χ4v) is 3.48. The van der Waals surface area contributed by atoms with E-state index in [2.05, 4.69) is 26.2 Å². The molecule has 2 rings (SSSR count). The van der Waals surface area contributed by atoms with E-state index in [0.717, 1.165) is 35.2 Å². The summed E-state index contributed by atoms with van der Waals surface area (Å²) in [5.41, 5.74) is 0.858. The molecule has 23 heavy (non-hydrogen) atoms. The van der Waals surface area contributed by atoms with Gasteiger partial charge in [-0.05, 0) is 24.6 Å². The van der Waals surface area contributed by atoms with E-state index in [1.54, 1.807) is 7.11 Å². The number of hydrogen-bond acceptors (Lipinski definition) is 5. The summed E-state index contributed by atoms with van der Waals surface area (Å²) in [6.07, 6.45) is 2.60. The Labute approximate surface area is 148 Å². The zero-order chi connectivity index (χ0) is 16.7. The summed E-state index contributed by atoms with van der Waals surface area (Å²) in [4.78, 5) is 16.3. The van der Waals surface area contributed by atoms with Crippen LogP contribution >= 0.6 is 27.3 Å². The van der Waals surface area contributed by atoms with E-state index in [1.165, 1.54) is 11.3 Å². The molecule has 0 spiro atoms. The van der Waals surface area contributed by atoms with Crippen molar-refractivity contribution in [3.63, 3.8) is 0 Å². The van der Waals surface area contributed by atoms with E-state index in [4.69, 9.17) is 9.47 Å². The van der Waals surface area contributed by atoms with E-state index in [-0.39, 0.29) is 10.7 Å². The number of halogens is 1. The zero-order valence-electron chi connectivity index (χ0n) is 13.3. The van der Waals surface area contributed by atoms with Crippen molar-refractivity contribution in [3.8, 4) is 5.75 Å². The number of rotatable bonds is 9. The highest BCUT2D eigenvalue weighted by atomic mass is 79.9. The number of hydrogen-bond donors (Lipinski definition) is 1. The van der Waals surface area contributed by atoms with Gasteiger partial charge in [0.1, 0.15) is 5.75 Å². The third-order valence-electron chi connectivity index (χ3n) is 3.18. The van der Waals surface area contributed by atoms with Gasteiger partial charge >= 0.3 is 0 Å². The Balaban J connectivity index is 1.99. The second-order valence-electron chi connectivity index (χ2n) is 5.09. The predicted molar refractivity (Wildman–Crippen MR) is 97.9 cm³/mol. The van der Waals surface area contributed by atoms with Crippen molar-refractivity contribution in [3.05, 3.63) is 18.2 Å². The lowest BCUT2D eigenvalue weighted by molar-refractivity contribution is -0.115. The highest BCUT2D eigenvalue weighted by Crippen LogP contribution is 2.29. The second-order valence-corrected chi connectivity index (χ2v) is 7.22. The molecule has 0 radical (unpaired) electrons. The third-order valence-corrected chi connectivity index (χ3v) is 4.99. The number of carbonyl (C=O) groups is 1. The Morgan fingerprint density at radius 1 is 1.43 bits per heavy atom. The molecule has 0 saturated carbocycles. The molecule has 0 aliphatic rings. The van der Waals surface area contributed by atoms with Crippen LogP contribution in [0.15, 0.2) is 18.2 Å². The fourth-order valence-electron chi connectivity index (χ4n) is 2.01. The highest BCUT2D eigenvalue weighted by molar-refractivity contribution is 9.10. The molecule has 0 aliphatic heterocycles. The van der Waals surface area contributed by atoms with Gasteiger partial charge in [0.25, 0.3) is 0 Å². The molecule has 126 valence electrons. The number of nitrogens with zero attached hydrogens (tertiary/aromatic N) is 1. The first-order chi connectivity index (χ1) is 11.1. The van der Waals surface area contributed by atoms with Gasteiger partial charge in [0.2, 0.25) is 5.91 Å². The first-order valence-corrected chi connectivity index (χ1v) is 9.34. The number of amides is 1. The summed E-state index contributed by atoms with van der Waals surface area (Å²) >= 11 is 4.84. The molecule has 2 aromatic rings. The SMILES string of the molecule is CCCC(Br)C(=O)Nc1nc2ccc(OCCCOC)cc2s1. The van der Waals surface area contributed by atoms with Crippen molar-refractivity contribution in [1.82, 2.24) is 4.98 Å². The van der Waals surface area contributed by atoms with Crippen molar-refractivity contribution < 1.29 is 14.3 Å². The maximum absolute atomic E-state index is 12.0. The molecule has 1 heterocycles. The lowest BCUT2D eigenvalue weighted by Crippen LogP contribution is -2.22. The molecule has 0 fully saturated rings. The van der Waals surface area contributed by atoms with Crippen LogP contribution in [0.25, 0.3) is 10.2 Å². The summed E-state index contributed by atoms with van der Waals surface area (Å²) in [6, 6.07) is 5.75. The Morgan fingerprint density at radius 2 is 2.26 bits per heavy atom. The van der Waals surface area contributed by atoms with Gasteiger partial charge < -0.3 is 14.8 Å². The number of methoxy groups -OCH3 is 1. The minimum Gasteiger partial charge on any atom is -0.493 e. The zero-order valence-corrected chi connectivity index (χ0v) is 15.7. The van der Waals surface area contributed by atoms with Crippen molar-refractivity contribution in [2.24, 2.45) is 0 Å². The average Bonchev–Trinajstić information content (AvgIpc) is 2.93. The fraction of sp³-hybridized carbons (Fsp3) is 0.500. The molecule has 1 aromatic carbocycles. The molecule has 1 unspecified atom stereocenters. The van der Waals surface area contributed by atoms with Gasteiger partial charge in [-0.1, -0.05) is 40.6 Å². The molecule has 0 bridgehead atoms. The quantitative estimate of drug-likeness (QED) is 0.505. The van der Waals surface area contributed by atoms with Crippen LogP contribution in [0.2, 0.25) is 0 Å². The Kier molecular flexibility index (Phi) is 7.26. The number of benzene rings is 1. The third kappa shape index (κ3) is 5.44. The number of aromatic nitrogens is 1. The van der Waals surface area contributed by atoms with Gasteiger partial charge in [0.05, 0.1) is 21.7 Å². The summed E-state index contributed by atoms with van der Waals surface area (Å²) < 4.78 is 11.7. The number of nitrogens with one attached hydrogen (secondary N) is 1. The molecule has 7 heteroatoms. The Morgan fingerprint density at radius 3 is 3.00 bits per heavy atom. The maximum atomic E-state index is 12.0. The Hall–Kier alpha value is -1.18. The van der Waals surface area contributed by atoms with Crippen LogP contribution < -0.4 is 10.1 Å². The van der Waals surface area contributed by atoms with Crippen LogP contribution in [-0.4, -0.2) is 36.0 Å². The molecule has 1 aromatic heterocycles. The van der Waals surface area contributed by atoms with Crippen molar-refractivity contribution in [1.29, 1.82) is 0 Å². The van der Waals surface area contributed by atoms with E-state index in [1.807, 2.05) is 25.1 Å². The van der Waals surface area contributed by atoms with E-state index < -0.39 is 0 Å². The molecule has 0 aliphatic carbocycles. The van der Waals surface area contributed by atoms with E-state index in [0.29, 0.717) is 18.3 Å². The number of thiazole rings is 1. The maximum Gasteiger partial charge on any atom is 0.239 e. The minimum atomic E-state index is -0.181. The first-order valence-electron chi connectivity index (χ1n) is 7.61. The minimum absolute atomic E-state index is 0.0538. The summed E-state index contributed by atoms with van der Waals surface area (Å²) in [7, 11) is 1.68. The van der Waals surface area contributed by atoms with Crippen molar-refractivity contribution >= 4 is 48.5 Å². The lowest BCUT2D eigenvalue weighted by atomic mass is 10.2. The lowest BCUT2D eigenvalue weighted by Gasteiger charge is -2.06. The second kappa shape index (κ2) is 9.20. The topological polar surface area (TPSA) is 60.5 Å². The van der Waals surface area contributed by atoms with E-state index >= 15 is 0 Å². The molecule has 1 amide bonds. The first kappa shape index (κ1) is 18.2. The highest BCUT2D eigenvalue weighted by Gasteiger charge is 2.15. The molecule has 1 N–H and O–H groups in total. The van der Waals surface area contributed by atoms with E-state index in [9.17, 15) is 4.79 Å². The monoisotopic (exact) mass is 400 g/mol. The van der Waals surface area contributed by atoms with Gasteiger partial charge in [-0.3, -0.25) is 4.79 Å². The largest absolute Gasteiger partial charge is 0.493 e. The van der Waals surface area contributed by atoms with Crippen LogP contribution in [-0.2, 0) is 9.53 Å². The molecule has 1 atom stereocenters. The van der Waals surface area contributed by atoms with Gasteiger partial charge in [0, 0.05) is 20.1 Å². The number of ether oxygens (including phenoxy) is 2. The van der Waals surface area contributed by atoms with Crippen LogP contribution in [0, 0.1) is 0 Å². The molecule has 0 saturated heterocycles. The van der Waals surface area contributed by atoms with Gasteiger partial charge in [-0.2, -0.15) is 0 Å². The van der Waals surface area contributed by atoms with Crippen LogP contribution in [0.4, 0.5) is 5.13 Å². The smallest absolute Gasteiger partial charge is 0.239 e. The molecule has 5 nitrogen and oxygen atoms in total. The normalized spacial score (nSPS) is 12.3. The number of carbonyl (C=O) groups excluding carboxylic acids is 1. The standard InChI is InChI=1S/C16H21BrN2O3S/c1-3-5-12(17)15(20)19-16-18-13-7-6-11(10-14(13)23-16)22-9-4-8-21-2/h6-7,10,12H,3-5,8-9H2,1-2H3,(H,18,19,20). The van der Waals surface area contributed by atoms with Crippen LogP contribution in [0.1, 0.15) is 26.2 Å². The van der Waals surface area contributed by atoms with Gasteiger partial charge in [0.15, 0.2) is 5.13 Å². The summed E-state index contributed by atoms with van der Waals surface area (Å²) in [6.45, 7) is 3.35. The van der Waals surface area contributed by atoms with Crippen molar-refractivity contribution in [2.45, 2.75) is 31.0 Å². The average molecular weight is 401 g/mol. The summed E-state index contributed by atoms with van der Waals surface area (Å²) in [5, 5.41) is 3.47. The van der Waals surface area contributed by atoms with Crippen LogP contribution in [0.3, 0.4) is 0 Å². The van der Waals surface area contributed by atoms with Gasteiger partial charge in [-0.15, -0.1) is 0 Å².